The zero-order chi connectivity index (χ0) is 13.8. The lowest BCUT2D eigenvalue weighted by molar-refractivity contribution is 0.0602. The van der Waals surface area contributed by atoms with Gasteiger partial charge in [-0.3, -0.25) is 4.79 Å². The molecule has 0 aliphatic rings. The quantitative estimate of drug-likeness (QED) is 0.848. The molecule has 98 valence electrons. The van der Waals surface area contributed by atoms with E-state index in [0.717, 1.165) is 0 Å². The average Bonchev–Trinajstić information content (AvgIpc) is 2.85. The Morgan fingerprint density at radius 2 is 2.05 bits per heavy atom. The number of anilines is 1. The van der Waals surface area contributed by atoms with E-state index in [4.69, 9.17) is 11.6 Å². The van der Waals surface area contributed by atoms with Gasteiger partial charge in [0.05, 0.1) is 23.4 Å². The average molecular weight is 279 g/mol. The minimum atomic E-state index is -0.514. The zero-order valence-electron chi connectivity index (χ0n) is 10.1. The third-order valence-electron chi connectivity index (χ3n) is 2.47. The van der Waals surface area contributed by atoms with Gasteiger partial charge in [0.15, 0.2) is 0 Å². The first-order valence-corrected chi connectivity index (χ1v) is 5.82. The van der Waals surface area contributed by atoms with Crippen LogP contribution in [0, 0.1) is 0 Å². The Kier molecular flexibility index (Phi) is 3.87. The summed E-state index contributed by atoms with van der Waals surface area (Å²) >= 11 is 5.73. The highest BCUT2D eigenvalue weighted by molar-refractivity contribution is 6.31. The van der Waals surface area contributed by atoms with Crippen LogP contribution in [0.4, 0.5) is 5.69 Å². The summed E-state index contributed by atoms with van der Waals surface area (Å²) in [6.07, 6.45) is 1.50. The second-order valence-corrected chi connectivity index (χ2v) is 4.16. The van der Waals surface area contributed by atoms with Crippen LogP contribution in [0.25, 0.3) is 0 Å². The highest BCUT2D eigenvalue weighted by Gasteiger charge is 2.14. The van der Waals surface area contributed by atoms with E-state index in [1.165, 1.54) is 19.4 Å². The molecule has 1 heterocycles. The number of aromatic nitrogens is 1. The number of hydrogen-bond donors (Lipinski definition) is 2. The predicted octanol–water partition coefficient (Wildman–Crippen LogP) is 2.71. The number of amides is 1. The lowest BCUT2D eigenvalue weighted by Gasteiger charge is -2.08. The van der Waals surface area contributed by atoms with E-state index in [0.29, 0.717) is 16.4 Å². The fourth-order valence-corrected chi connectivity index (χ4v) is 1.73. The first-order valence-electron chi connectivity index (χ1n) is 5.44. The van der Waals surface area contributed by atoms with Gasteiger partial charge in [0.1, 0.15) is 5.69 Å². The Morgan fingerprint density at radius 3 is 2.68 bits per heavy atom. The van der Waals surface area contributed by atoms with Crippen LogP contribution in [-0.4, -0.2) is 24.0 Å². The summed E-state index contributed by atoms with van der Waals surface area (Å²) in [6.45, 7) is 0. The number of para-hydroxylation sites is 1. The molecule has 0 aliphatic carbocycles. The molecule has 2 rings (SSSR count). The van der Waals surface area contributed by atoms with Gasteiger partial charge in [-0.1, -0.05) is 23.7 Å². The van der Waals surface area contributed by atoms with Crippen molar-refractivity contribution in [3.8, 4) is 0 Å². The Hall–Kier alpha value is -2.27. The Morgan fingerprint density at radius 1 is 1.32 bits per heavy atom. The third-order valence-corrected chi connectivity index (χ3v) is 2.69. The fraction of sp³-hybridized carbons (Fsp3) is 0.0769. The maximum atomic E-state index is 11.9. The molecule has 0 spiro atoms. The molecule has 0 fully saturated rings. The van der Waals surface area contributed by atoms with Gasteiger partial charge < -0.3 is 15.0 Å². The number of benzene rings is 1. The van der Waals surface area contributed by atoms with Crippen molar-refractivity contribution in [3.05, 3.63) is 52.8 Å². The predicted molar refractivity (Wildman–Crippen MR) is 71.5 cm³/mol. The normalized spacial score (nSPS) is 10.0. The second-order valence-electron chi connectivity index (χ2n) is 3.72. The van der Waals surface area contributed by atoms with E-state index in [1.807, 2.05) is 0 Å². The zero-order valence-corrected chi connectivity index (χ0v) is 10.8. The molecule has 6 heteroatoms. The molecule has 0 radical (unpaired) electrons. The summed E-state index contributed by atoms with van der Waals surface area (Å²) < 4.78 is 4.65. The number of halogens is 1. The molecule has 0 saturated heterocycles. The molecule has 1 aromatic carbocycles. The van der Waals surface area contributed by atoms with Crippen molar-refractivity contribution in [1.29, 1.82) is 0 Å². The van der Waals surface area contributed by atoms with Crippen molar-refractivity contribution in [1.82, 2.24) is 4.98 Å². The van der Waals surface area contributed by atoms with Crippen LogP contribution in [0.5, 0.6) is 0 Å². The first-order chi connectivity index (χ1) is 9.11. The molecular weight excluding hydrogens is 268 g/mol. The number of H-pyrrole nitrogens is 1. The third kappa shape index (κ3) is 2.95. The largest absolute Gasteiger partial charge is 0.465 e. The van der Waals surface area contributed by atoms with Crippen LogP contribution in [0.3, 0.4) is 0 Å². The van der Waals surface area contributed by atoms with Gasteiger partial charge in [-0.05, 0) is 18.2 Å². The van der Waals surface area contributed by atoms with E-state index < -0.39 is 5.97 Å². The molecule has 1 amide bonds. The maximum Gasteiger partial charge on any atom is 0.339 e. The SMILES string of the molecule is COC(=O)c1ccccc1NC(=O)c1cc(Cl)c[nH]1. The number of esters is 1. The molecule has 1 aromatic heterocycles. The van der Waals surface area contributed by atoms with E-state index in [-0.39, 0.29) is 11.5 Å². The highest BCUT2D eigenvalue weighted by atomic mass is 35.5. The monoisotopic (exact) mass is 278 g/mol. The van der Waals surface area contributed by atoms with Crippen LogP contribution in [0.1, 0.15) is 20.8 Å². The van der Waals surface area contributed by atoms with Crippen molar-refractivity contribution >= 4 is 29.2 Å². The molecule has 5 nitrogen and oxygen atoms in total. The lowest BCUT2D eigenvalue weighted by Crippen LogP contribution is -2.15. The van der Waals surface area contributed by atoms with E-state index in [9.17, 15) is 9.59 Å². The molecule has 19 heavy (non-hydrogen) atoms. The number of aromatic amines is 1. The minimum Gasteiger partial charge on any atom is -0.465 e. The molecule has 2 aromatic rings. The highest BCUT2D eigenvalue weighted by Crippen LogP contribution is 2.18. The number of nitrogens with one attached hydrogen (secondary N) is 2. The van der Waals surface area contributed by atoms with Crippen molar-refractivity contribution < 1.29 is 14.3 Å². The van der Waals surface area contributed by atoms with Crippen LogP contribution in [0.2, 0.25) is 5.02 Å². The van der Waals surface area contributed by atoms with Crippen LogP contribution in [0.15, 0.2) is 36.5 Å². The summed E-state index contributed by atoms with van der Waals surface area (Å²) in [5.41, 5.74) is 0.978. The van der Waals surface area contributed by atoms with E-state index >= 15 is 0 Å². The summed E-state index contributed by atoms with van der Waals surface area (Å²) in [5, 5.41) is 3.06. The van der Waals surface area contributed by atoms with Crippen molar-refractivity contribution in [3.63, 3.8) is 0 Å². The number of hydrogen-bond acceptors (Lipinski definition) is 3. The number of rotatable bonds is 3. The topological polar surface area (TPSA) is 71.2 Å². The molecular formula is C13H11ClN2O3. The molecule has 0 aliphatic heterocycles. The lowest BCUT2D eigenvalue weighted by atomic mass is 10.1. The molecule has 0 atom stereocenters. The first kappa shape index (κ1) is 13.2. The van der Waals surface area contributed by atoms with Gasteiger partial charge in [-0.2, -0.15) is 0 Å². The van der Waals surface area contributed by atoms with Crippen molar-refractivity contribution in [2.75, 3.05) is 12.4 Å². The Balaban J connectivity index is 2.24. The van der Waals surface area contributed by atoms with E-state index in [2.05, 4.69) is 15.0 Å². The number of carbonyl (C=O) groups is 2. The molecule has 2 N–H and O–H groups in total. The van der Waals surface area contributed by atoms with Gasteiger partial charge in [0.2, 0.25) is 0 Å². The summed E-state index contributed by atoms with van der Waals surface area (Å²) in [7, 11) is 1.28. The van der Waals surface area contributed by atoms with E-state index in [1.54, 1.807) is 24.3 Å². The van der Waals surface area contributed by atoms with Crippen molar-refractivity contribution in [2.45, 2.75) is 0 Å². The van der Waals surface area contributed by atoms with Crippen molar-refractivity contribution in [2.24, 2.45) is 0 Å². The van der Waals surface area contributed by atoms with Gasteiger partial charge in [0.25, 0.3) is 5.91 Å². The standard InChI is InChI=1S/C13H11ClN2O3/c1-19-13(18)9-4-2-3-5-10(9)16-12(17)11-6-8(14)7-15-11/h2-7,15H,1H3,(H,16,17). The number of carbonyl (C=O) groups excluding carboxylic acids is 2. The maximum absolute atomic E-state index is 11.9. The smallest absolute Gasteiger partial charge is 0.339 e. The summed E-state index contributed by atoms with van der Waals surface area (Å²) in [4.78, 5) is 26.2. The Labute approximate surface area is 114 Å². The summed E-state index contributed by atoms with van der Waals surface area (Å²) in [5.74, 6) is -0.899. The number of methoxy groups -OCH3 is 1. The van der Waals surface area contributed by atoms with Gasteiger partial charge >= 0.3 is 5.97 Å². The van der Waals surface area contributed by atoms with Gasteiger partial charge in [0, 0.05) is 6.20 Å². The van der Waals surface area contributed by atoms with Gasteiger partial charge in [-0.15, -0.1) is 0 Å². The number of ether oxygens (including phenoxy) is 1. The van der Waals surface area contributed by atoms with Crippen LogP contribution < -0.4 is 5.32 Å². The Bertz CT molecular complexity index is 622. The molecule has 0 saturated carbocycles. The fourth-order valence-electron chi connectivity index (χ4n) is 1.57. The van der Waals surface area contributed by atoms with Gasteiger partial charge in [-0.25, -0.2) is 4.79 Å². The minimum absolute atomic E-state index is 0.288. The van der Waals surface area contributed by atoms with Crippen LogP contribution in [-0.2, 0) is 4.74 Å². The summed E-state index contributed by atoms with van der Waals surface area (Å²) in [6, 6.07) is 8.09. The molecule has 0 bridgehead atoms. The molecule has 0 unspecified atom stereocenters. The second kappa shape index (κ2) is 5.58. The van der Waals surface area contributed by atoms with Crippen LogP contribution >= 0.6 is 11.6 Å².